The summed E-state index contributed by atoms with van der Waals surface area (Å²) < 4.78 is 5.14. The van der Waals surface area contributed by atoms with E-state index >= 15 is 0 Å². The van der Waals surface area contributed by atoms with E-state index in [2.05, 4.69) is 5.32 Å². The molecular formula is C20H24N2O5. The number of nitrogens with one attached hydrogen (secondary N) is 1. The molecule has 0 spiro atoms. The lowest BCUT2D eigenvalue weighted by Gasteiger charge is -2.27. The Morgan fingerprint density at radius 1 is 1.11 bits per heavy atom. The highest BCUT2D eigenvalue weighted by atomic mass is 16.5. The van der Waals surface area contributed by atoms with Gasteiger partial charge in [0.2, 0.25) is 0 Å². The van der Waals surface area contributed by atoms with Gasteiger partial charge in [-0.15, -0.1) is 0 Å². The Labute approximate surface area is 158 Å². The number of hydrogen-bond acceptors (Lipinski definition) is 5. The molecule has 1 heterocycles. The molecule has 1 aromatic rings. The van der Waals surface area contributed by atoms with E-state index < -0.39 is 30.4 Å². The van der Waals surface area contributed by atoms with Gasteiger partial charge in [-0.3, -0.25) is 19.3 Å². The number of ether oxygens (including phenoxy) is 1. The third-order valence-electron chi connectivity index (χ3n) is 5.04. The normalized spacial score (nSPS) is 18.3. The van der Waals surface area contributed by atoms with Gasteiger partial charge in [-0.05, 0) is 43.7 Å². The van der Waals surface area contributed by atoms with Crippen LogP contribution in [0.1, 0.15) is 54.3 Å². The van der Waals surface area contributed by atoms with E-state index in [1.165, 1.54) is 0 Å². The second-order valence-electron chi connectivity index (χ2n) is 7.52. The van der Waals surface area contributed by atoms with Gasteiger partial charge in [0.1, 0.15) is 6.04 Å². The van der Waals surface area contributed by atoms with E-state index in [-0.39, 0.29) is 29.0 Å². The predicted octanol–water partition coefficient (Wildman–Crippen LogP) is 1.77. The fourth-order valence-electron chi connectivity index (χ4n) is 3.37. The molecule has 1 aromatic carbocycles. The molecule has 7 heteroatoms. The van der Waals surface area contributed by atoms with Crippen LogP contribution in [0.25, 0.3) is 0 Å². The number of esters is 1. The number of rotatable bonds is 7. The van der Waals surface area contributed by atoms with Crippen LogP contribution in [-0.4, -0.2) is 47.3 Å². The molecule has 1 aliphatic carbocycles. The second-order valence-corrected chi connectivity index (χ2v) is 7.52. The third kappa shape index (κ3) is 3.86. The zero-order valence-corrected chi connectivity index (χ0v) is 15.7. The summed E-state index contributed by atoms with van der Waals surface area (Å²) in [6.45, 7) is 4.95. The summed E-state index contributed by atoms with van der Waals surface area (Å²) >= 11 is 0. The molecule has 0 radical (unpaired) electrons. The van der Waals surface area contributed by atoms with E-state index in [1.54, 1.807) is 38.1 Å². The van der Waals surface area contributed by atoms with Gasteiger partial charge in [0.05, 0.1) is 11.1 Å². The van der Waals surface area contributed by atoms with Crippen LogP contribution in [0.15, 0.2) is 24.3 Å². The van der Waals surface area contributed by atoms with Crippen LogP contribution >= 0.6 is 0 Å². The van der Waals surface area contributed by atoms with Crippen LogP contribution in [0.3, 0.4) is 0 Å². The van der Waals surface area contributed by atoms with Crippen molar-refractivity contribution in [3.8, 4) is 0 Å². The van der Waals surface area contributed by atoms with Crippen molar-refractivity contribution < 1.29 is 23.9 Å². The average molecular weight is 372 g/mol. The van der Waals surface area contributed by atoms with Crippen molar-refractivity contribution in [3.05, 3.63) is 35.4 Å². The highest BCUT2D eigenvalue weighted by molar-refractivity contribution is 6.22. The smallest absolute Gasteiger partial charge is 0.330 e. The summed E-state index contributed by atoms with van der Waals surface area (Å²) in [6, 6.07) is 5.43. The van der Waals surface area contributed by atoms with Crippen molar-refractivity contribution in [2.45, 2.75) is 45.7 Å². The zero-order chi connectivity index (χ0) is 19.7. The van der Waals surface area contributed by atoms with Crippen LogP contribution in [0.4, 0.5) is 0 Å². The highest BCUT2D eigenvalue weighted by Crippen LogP contribution is 2.32. The summed E-state index contributed by atoms with van der Waals surface area (Å²) in [6.07, 6.45) is 2.19. The monoisotopic (exact) mass is 372 g/mol. The quantitative estimate of drug-likeness (QED) is 0.582. The lowest BCUT2D eigenvalue weighted by Crippen LogP contribution is -2.49. The highest BCUT2D eigenvalue weighted by Gasteiger charge is 2.44. The molecule has 3 amide bonds. The van der Waals surface area contributed by atoms with E-state index in [4.69, 9.17) is 4.74 Å². The van der Waals surface area contributed by atoms with Gasteiger partial charge in [-0.1, -0.05) is 26.0 Å². The van der Waals surface area contributed by atoms with Crippen molar-refractivity contribution in [2.24, 2.45) is 11.8 Å². The van der Waals surface area contributed by atoms with E-state index in [9.17, 15) is 19.2 Å². The van der Waals surface area contributed by atoms with E-state index in [1.807, 2.05) is 6.92 Å². The minimum Gasteiger partial charge on any atom is -0.454 e. The summed E-state index contributed by atoms with van der Waals surface area (Å²) in [7, 11) is 0. The molecule has 2 atom stereocenters. The van der Waals surface area contributed by atoms with E-state index in [0.717, 1.165) is 17.7 Å². The Balaban J connectivity index is 1.67. The van der Waals surface area contributed by atoms with Crippen molar-refractivity contribution in [2.75, 3.05) is 6.61 Å². The van der Waals surface area contributed by atoms with Crippen molar-refractivity contribution in [3.63, 3.8) is 0 Å². The molecule has 1 saturated carbocycles. The maximum absolute atomic E-state index is 12.6. The molecule has 27 heavy (non-hydrogen) atoms. The Morgan fingerprint density at radius 3 is 2.15 bits per heavy atom. The third-order valence-corrected chi connectivity index (χ3v) is 5.04. The molecule has 0 saturated heterocycles. The Hall–Kier alpha value is -2.70. The van der Waals surface area contributed by atoms with Crippen LogP contribution in [0.5, 0.6) is 0 Å². The number of imide groups is 1. The number of carbonyl (C=O) groups is 4. The average Bonchev–Trinajstić information content (AvgIpc) is 3.44. The molecule has 1 fully saturated rings. The Morgan fingerprint density at radius 2 is 1.67 bits per heavy atom. The van der Waals surface area contributed by atoms with Crippen molar-refractivity contribution >= 4 is 23.7 Å². The summed E-state index contributed by atoms with van der Waals surface area (Å²) in [4.78, 5) is 50.8. The van der Waals surface area contributed by atoms with Crippen molar-refractivity contribution in [1.82, 2.24) is 10.2 Å². The fraction of sp³-hybridized carbons (Fsp3) is 0.500. The maximum Gasteiger partial charge on any atom is 0.330 e. The molecular weight excluding hydrogens is 348 g/mol. The van der Waals surface area contributed by atoms with Crippen molar-refractivity contribution in [1.29, 1.82) is 0 Å². The minimum atomic E-state index is -1.08. The van der Waals surface area contributed by atoms with Gasteiger partial charge in [-0.2, -0.15) is 0 Å². The first-order chi connectivity index (χ1) is 12.8. The molecule has 7 nitrogen and oxygen atoms in total. The topological polar surface area (TPSA) is 92.8 Å². The first-order valence-corrected chi connectivity index (χ1v) is 9.24. The molecule has 2 aliphatic rings. The Bertz CT molecular complexity index is 749. The standard InChI is InChI=1S/C20H24N2O5/c1-11(2)17(20(26)27-10-16(23)21-12(3)13-8-9-13)22-18(24)14-6-4-5-7-15(14)19(22)25/h4-7,11-13,17H,8-10H2,1-3H3,(H,21,23)/t12-,17-/m1/s1. The number of hydrogen-bond donors (Lipinski definition) is 1. The Kier molecular flexibility index (Phi) is 5.30. The number of fused-ring (bicyclic) bond motifs is 1. The number of nitrogens with zero attached hydrogens (tertiary/aromatic N) is 1. The van der Waals surface area contributed by atoms with Gasteiger partial charge in [-0.25, -0.2) is 4.79 Å². The summed E-state index contributed by atoms with van der Waals surface area (Å²) in [5.74, 6) is -2.03. The lowest BCUT2D eigenvalue weighted by molar-refractivity contribution is -0.153. The van der Waals surface area contributed by atoms with E-state index in [0.29, 0.717) is 5.92 Å². The SMILES string of the molecule is CC(C)[C@H](C(=O)OCC(=O)N[C@H](C)C1CC1)N1C(=O)c2ccccc2C1=O. The molecule has 3 rings (SSSR count). The first kappa shape index (κ1) is 19.1. The maximum atomic E-state index is 12.6. The van der Waals surface area contributed by atoms with Gasteiger partial charge in [0.15, 0.2) is 6.61 Å². The first-order valence-electron chi connectivity index (χ1n) is 9.24. The van der Waals surface area contributed by atoms with Gasteiger partial charge in [0, 0.05) is 6.04 Å². The largest absolute Gasteiger partial charge is 0.454 e. The zero-order valence-electron chi connectivity index (χ0n) is 15.7. The second kappa shape index (κ2) is 7.50. The molecule has 0 unspecified atom stereocenters. The van der Waals surface area contributed by atoms with Gasteiger partial charge in [0.25, 0.3) is 17.7 Å². The molecule has 0 bridgehead atoms. The number of carbonyl (C=O) groups excluding carboxylic acids is 4. The summed E-state index contributed by atoms with van der Waals surface area (Å²) in [5.41, 5.74) is 0.550. The predicted molar refractivity (Wildman–Crippen MR) is 96.9 cm³/mol. The van der Waals surface area contributed by atoms with Crippen LogP contribution in [-0.2, 0) is 14.3 Å². The molecule has 1 N–H and O–H groups in total. The minimum absolute atomic E-state index is 0.0494. The molecule has 144 valence electrons. The van der Waals surface area contributed by atoms with Gasteiger partial charge >= 0.3 is 5.97 Å². The van der Waals surface area contributed by atoms with Crippen LogP contribution in [0.2, 0.25) is 0 Å². The lowest BCUT2D eigenvalue weighted by atomic mass is 10.0. The molecule has 1 aliphatic heterocycles. The van der Waals surface area contributed by atoms with Crippen LogP contribution < -0.4 is 5.32 Å². The summed E-state index contributed by atoms with van der Waals surface area (Å²) in [5, 5.41) is 2.80. The fourth-order valence-corrected chi connectivity index (χ4v) is 3.37. The molecule has 0 aromatic heterocycles. The number of benzene rings is 1. The van der Waals surface area contributed by atoms with Crippen LogP contribution in [0, 0.1) is 11.8 Å². The number of amides is 3. The van der Waals surface area contributed by atoms with Gasteiger partial charge < -0.3 is 10.1 Å².